The first-order valence-electron chi connectivity index (χ1n) is 5.75. The zero-order valence-corrected chi connectivity index (χ0v) is 10.6. The van der Waals surface area contributed by atoms with Crippen molar-refractivity contribution in [2.24, 2.45) is 10.9 Å². The zero-order valence-electron chi connectivity index (χ0n) is 10.6. The smallest absolute Gasteiger partial charge is 0.341 e. The summed E-state index contributed by atoms with van der Waals surface area (Å²) in [6.07, 6.45) is 0. The molecule has 0 aliphatic carbocycles. The van der Waals surface area contributed by atoms with Crippen LogP contribution in [0.4, 0.5) is 4.79 Å². The van der Waals surface area contributed by atoms with E-state index in [9.17, 15) is 14.7 Å². The Bertz CT molecular complexity index is 536. The summed E-state index contributed by atoms with van der Waals surface area (Å²) in [4.78, 5) is 27.1. The SMILES string of the molecule is COC(=O)C1C(C)=NC(=O)NC1c1ccc(O)cc1. The van der Waals surface area contributed by atoms with Crippen molar-refractivity contribution in [3.63, 3.8) is 0 Å². The molecule has 6 heteroatoms. The average Bonchev–Trinajstić information content (AvgIpc) is 2.38. The molecule has 0 aromatic heterocycles. The van der Waals surface area contributed by atoms with Crippen molar-refractivity contribution in [2.45, 2.75) is 13.0 Å². The number of hydrogen-bond donors (Lipinski definition) is 2. The summed E-state index contributed by atoms with van der Waals surface area (Å²) in [6, 6.07) is 5.26. The highest BCUT2D eigenvalue weighted by molar-refractivity contribution is 6.08. The van der Waals surface area contributed by atoms with Crippen LogP contribution < -0.4 is 5.32 Å². The van der Waals surface area contributed by atoms with Gasteiger partial charge in [0.2, 0.25) is 0 Å². The minimum absolute atomic E-state index is 0.117. The first-order chi connectivity index (χ1) is 9.02. The Balaban J connectivity index is 2.40. The van der Waals surface area contributed by atoms with Gasteiger partial charge in [0.05, 0.1) is 13.2 Å². The summed E-state index contributed by atoms with van der Waals surface area (Å²) in [5, 5.41) is 11.9. The maximum absolute atomic E-state index is 11.8. The molecule has 0 spiro atoms. The predicted molar refractivity (Wildman–Crippen MR) is 68.0 cm³/mol. The second-order valence-corrected chi connectivity index (χ2v) is 4.27. The lowest BCUT2D eigenvalue weighted by Crippen LogP contribution is -2.44. The molecule has 1 heterocycles. The van der Waals surface area contributed by atoms with E-state index >= 15 is 0 Å². The van der Waals surface area contributed by atoms with E-state index in [1.54, 1.807) is 19.1 Å². The van der Waals surface area contributed by atoms with Crippen molar-refractivity contribution in [2.75, 3.05) is 7.11 Å². The molecule has 1 aliphatic rings. The molecular formula is C13H14N2O4. The second kappa shape index (κ2) is 5.09. The summed E-state index contributed by atoms with van der Waals surface area (Å²) in [6.45, 7) is 1.62. The molecule has 0 bridgehead atoms. The van der Waals surface area contributed by atoms with Gasteiger partial charge in [-0.3, -0.25) is 4.79 Å². The van der Waals surface area contributed by atoms with Gasteiger partial charge in [0.15, 0.2) is 0 Å². The van der Waals surface area contributed by atoms with E-state index in [1.165, 1.54) is 19.2 Å². The second-order valence-electron chi connectivity index (χ2n) is 4.27. The Kier molecular flexibility index (Phi) is 3.50. The Labute approximate surface area is 110 Å². The van der Waals surface area contributed by atoms with Crippen molar-refractivity contribution < 1.29 is 19.4 Å². The number of phenolic OH excluding ortho intramolecular Hbond substituents is 1. The quantitative estimate of drug-likeness (QED) is 0.789. The summed E-state index contributed by atoms with van der Waals surface area (Å²) >= 11 is 0. The van der Waals surface area contributed by atoms with Crippen LogP contribution in [0.2, 0.25) is 0 Å². The van der Waals surface area contributed by atoms with Gasteiger partial charge < -0.3 is 15.2 Å². The van der Waals surface area contributed by atoms with E-state index in [1.807, 2.05) is 0 Å². The molecule has 2 N–H and O–H groups in total. The number of methoxy groups -OCH3 is 1. The van der Waals surface area contributed by atoms with E-state index in [0.717, 1.165) is 0 Å². The van der Waals surface area contributed by atoms with Gasteiger partial charge in [-0.25, -0.2) is 9.79 Å². The number of esters is 1. The third-order valence-corrected chi connectivity index (χ3v) is 3.05. The van der Waals surface area contributed by atoms with E-state index in [0.29, 0.717) is 11.3 Å². The molecule has 2 amide bonds. The summed E-state index contributed by atoms with van der Waals surface area (Å²) in [5.41, 5.74) is 1.12. The van der Waals surface area contributed by atoms with E-state index in [4.69, 9.17) is 4.74 Å². The van der Waals surface area contributed by atoms with Crippen molar-refractivity contribution >= 4 is 17.7 Å². The Morgan fingerprint density at radius 2 is 2.00 bits per heavy atom. The van der Waals surface area contributed by atoms with Gasteiger partial charge in [0, 0.05) is 5.71 Å². The molecule has 2 unspecified atom stereocenters. The molecule has 6 nitrogen and oxygen atoms in total. The molecule has 2 rings (SSSR count). The topological polar surface area (TPSA) is 88.0 Å². The summed E-state index contributed by atoms with van der Waals surface area (Å²) in [7, 11) is 1.29. The molecule has 1 aliphatic heterocycles. The fourth-order valence-corrected chi connectivity index (χ4v) is 2.11. The van der Waals surface area contributed by atoms with Crippen LogP contribution in [0, 0.1) is 5.92 Å². The molecule has 1 aromatic rings. The molecule has 100 valence electrons. The largest absolute Gasteiger partial charge is 0.508 e. The Morgan fingerprint density at radius 1 is 1.37 bits per heavy atom. The van der Waals surface area contributed by atoms with Crippen molar-refractivity contribution in [3.8, 4) is 5.75 Å². The third kappa shape index (κ3) is 2.57. The highest BCUT2D eigenvalue weighted by Crippen LogP contribution is 2.28. The standard InChI is InChI=1S/C13H14N2O4/c1-7-10(12(17)19-2)11(15-13(18)14-7)8-3-5-9(16)6-4-8/h3-6,10-11,16H,1-2H3,(H,15,18). The van der Waals surface area contributed by atoms with Crippen LogP contribution in [-0.4, -0.2) is 29.9 Å². The molecule has 0 fully saturated rings. The molecule has 0 saturated heterocycles. The minimum Gasteiger partial charge on any atom is -0.508 e. The molecular weight excluding hydrogens is 248 g/mol. The number of hydrogen-bond acceptors (Lipinski definition) is 4. The van der Waals surface area contributed by atoms with Crippen LogP contribution in [0.5, 0.6) is 5.75 Å². The number of rotatable bonds is 2. The van der Waals surface area contributed by atoms with Gasteiger partial charge in [-0.1, -0.05) is 12.1 Å². The monoisotopic (exact) mass is 262 g/mol. The van der Waals surface area contributed by atoms with Crippen molar-refractivity contribution in [1.29, 1.82) is 0 Å². The lowest BCUT2D eigenvalue weighted by Gasteiger charge is -2.29. The first kappa shape index (κ1) is 13.1. The number of phenols is 1. The summed E-state index contributed by atoms with van der Waals surface area (Å²) in [5.74, 6) is -1.00. The highest BCUT2D eigenvalue weighted by Gasteiger charge is 2.37. The maximum Gasteiger partial charge on any atom is 0.341 e. The number of aromatic hydroxyl groups is 1. The summed E-state index contributed by atoms with van der Waals surface area (Å²) < 4.78 is 4.75. The lowest BCUT2D eigenvalue weighted by molar-refractivity contribution is -0.143. The van der Waals surface area contributed by atoms with Gasteiger partial charge >= 0.3 is 12.0 Å². The predicted octanol–water partition coefficient (Wildman–Crippen LogP) is 1.41. The number of nitrogens with one attached hydrogen (secondary N) is 1. The fourth-order valence-electron chi connectivity index (χ4n) is 2.11. The number of nitrogens with zero attached hydrogens (tertiary/aromatic N) is 1. The fraction of sp³-hybridized carbons (Fsp3) is 0.308. The third-order valence-electron chi connectivity index (χ3n) is 3.05. The van der Waals surface area contributed by atoms with E-state index < -0.39 is 24.0 Å². The number of amides is 2. The maximum atomic E-state index is 11.8. The molecule has 1 aromatic carbocycles. The van der Waals surface area contributed by atoms with Gasteiger partial charge in [0.25, 0.3) is 0 Å². The van der Waals surface area contributed by atoms with Crippen LogP contribution in [0.25, 0.3) is 0 Å². The first-order valence-corrected chi connectivity index (χ1v) is 5.75. The van der Waals surface area contributed by atoms with Crippen molar-refractivity contribution in [1.82, 2.24) is 5.32 Å². The van der Waals surface area contributed by atoms with Gasteiger partial charge in [-0.2, -0.15) is 0 Å². The number of carbonyl (C=O) groups excluding carboxylic acids is 2. The van der Waals surface area contributed by atoms with Gasteiger partial charge in [-0.05, 0) is 24.6 Å². The van der Waals surface area contributed by atoms with Crippen LogP contribution in [-0.2, 0) is 9.53 Å². The van der Waals surface area contributed by atoms with Crippen LogP contribution >= 0.6 is 0 Å². The molecule has 19 heavy (non-hydrogen) atoms. The lowest BCUT2D eigenvalue weighted by atomic mass is 9.88. The zero-order chi connectivity index (χ0) is 14.0. The number of ether oxygens (including phenoxy) is 1. The average molecular weight is 262 g/mol. The number of benzene rings is 1. The van der Waals surface area contributed by atoms with E-state index in [-0.39, 0.29) is 5.75 Å². The highest BCUT2D eigenvalue weighted by atomic mass is 16.5. The normalized spacial score (nSPS) is 22.4. The van der Waals surface area contributed by atoms with Crippen LogP contribution in [0.3, 0.4) is 0 Å². The molecule has 2 atom stereocenters. The van der Waals surface area contributed by atoms with Gasteiger partial charge in [0.1, 0.15) is 11.7 Å². The number of urea groups is 1. The Morgan fingerprint density at radius 3 is 2.58 bits per heavy atom. The number of aliphatic imine (C=N–C) groups is 1. The molecule has 0 saturated carbocycles. The van der Waals surface area contributed by atoms with Crippen LogP contribution in [0.1, 0.15) is 18.5 Å². The molecule has 0 radical (unpaired) electrons. The number of carbonyl (C=O) groups is 2. The van der Waals surface area contributed by atoms with Crippen LogP contribution in [0.15, 0.2) is 29.3 Å². The minimum atomic E-state index is -0.660. The van der Waals surface area contributed by atoms with E-state index in [2.05, 4.69) is 10.3 Å². The van der Waals surface area contributed by atoms with Crippen molar-refractivity contribution in [3.05, 3.63) is 29.8 Å². The Hall–Kier alpha value is -2.37. The van der Waals surface area contributed by atoms with Gasteiger partial charge in [-0.15, -0.1) is 0 Å².